The molecule has 4 nitrogen and oxygen atoms in total. The summed E-state index contributed by atoms with van der Waals surface area (Å²) < 4.78 is 58.5. The second-order valence-corrected chi connectivity index (χ2v) is 8.32. The van der Waals surface area contributed by atoms with Gasteiger partial charge >= 0.3 is 6.18 Å². The number of ether oxygens (including phenoxy) is 1. The fourth-order valence-corrected chi connectivity index (χ4v) is 4.11. The maximum atomic E-state index is 13.7. The number of carbonyl (C=O) groups excluding carboxylic acids is 1. The number of fused-ring (bicyclic) bond motifs is 1. The molecule has 2 aromatic carbocycles. The predicted octanol–water partition coefficient (Wildman–Crippen LogP) is 4.40. The van der Waals surface area contributed by atoms with Crippen LogP contribution in [0.1, 0.15) is 52.6 Å². The van der Waals surface area contributed by atoms with Crippen LogP contribution in [0.2, 0.25) is 0 Å². The Bertz CT molecular complexity index is 988. The van der Waals surface area contributed by atoms with Gasteiger partial charge in [0.25, 0.3) is 5.91 Å². The molecule has 2 aliphatic rings. The Kier molecular flexibility index (Phi) is 5.10. The third-order valence-corrected chi connectivity index (χ3v) is 5.60. The molecule has 8 heteroatoms. The van der Waals surface area contributed by atoms with Crippen LogP contribution in [0.5, 0.6) is 0 Å². The van der Waals surface area contributed by atoms with Crippen molar-refractivity contribution in [2.45, 2.75) is 38.2 Å². The molecule has 0 bridgehead atoms. The molecule has 0 unspecified atom stereocenters. The lowest BCUT2D eigenvalue weighted by atomic mass is 9.91. The van der Waals surface area contributed by atoms with E-state index in [2.05, 4.69) is 5.32 Å². The normalized spacial score (nSPS) is 21.4. The molecule has 0 spiro atoms. The monoisotopic (exact) mass is 422 g/mol. The maximum Gasteiger partial charge on any atom is 0.416 e. The number of nitrogens with zero attached hydrogens (tertiary/aromatic N) is 1. The summed E-state index contributed by atoms with van der Waals surface area (Å²) in [6, 6.07) is 8.20. The van der Waals surface area contributed by atoms with Crippen LogP contribution in [-0.4, -0.2) is 30.5 Å². The van der Waals surface area contributed by atoms with E-state index >= 15 is 0 Å². The van der Waals surface area contributed by atoms with Crippen molar-refractivity contribution in [1.29, 1.82) is 0 Å². The average Bonchev–Trinajstić information content (AvgIpc) is 2.89. The minimum Gasteiger partial charge on any atom is -0.371 e. The molecule has 1 atom stereocenters. The summed E-state index contributed by atoms with van der Waals surface area (Å²) in [5.41, 5.74) is 1.24. The van der Waals surface area contributed by atoms with E-state index in [9.17, 15) is 22.4 Å². The van der Waals surface area contributed by atoms with E-state index in [1.165, 1.54) is 0 Å². The highest BCUT2D eigenvalue weighted by Gasteiger charge is 2.36. The quantitative estimate of drug-likeness (QED) is 0.746. The molecule has 2 aromatic rings. The first-order valence-corrected chi connectivity index (χ1v) is 9.70. The van der Waals surface area contributed by atoms with Crippen molar-refractivity contribution in [1.82, 2.24) is 10.2 Å². The van der Waals surface area contributed by atoms with Gasteiger partial charge < -0.3 is 10.1 Å². The molecule has 0 aliphatic carbocycles. The fraction of sp³-hybridized carbons (Fsp3) is 0.409. The first-order valence-electron chi connectivity index (χ1n) is 9.70. The lowest BCUT2D eigenvalue weighted by Crippen LogP contribution is -2.38. The predicted molar refractivity (Wildman–Crippen MR) is 102 cm³/mol. The van der Waals surface area contributed by atoms with E-state index < -0.39 is 23.1 Å². The number of hydrogen-bond acceptors (Lipinski definition) is 3. The van der Waals surface area contributed by atoms with Crippen molar-refractivity contribution >= 4 is 5.91 Å². The van der Waals surface area contributed by atoms with E-state index in [0.717, 1.165) is 23.3 Å². The van der Waals surface area contributed by atoms with Crippen molar-refractivity contribution in [3.8, 4) is 0 Å². The van der Waals surface area contributed by atoms with Gasteiger partial charge in [0, 0.05) is 25.2 Å². The van der Waals surface area contributed by atoms with E-state index in [1.54, 1.807) is 6.07 Å². The molecular weight excluding hydrogens is 400 g/mol. The smallest absolute Gasteiger partial charge is 0.371 e. The third-order valence-electron chi connectivity index (χ3n) is 5.60. The van der Waals surface area contributed by atoms with Crippen LogP contribution < -0.4 is 5.32 Å². The zero-order chi connectivity index (χ0) is 21.7. The zero-order valence-corrected chi connectivity index (χ0v) is 16.6. The summed E-state index contributed by atoms with van der Waals surface area (Å²) >= 11 is 0. The fourth-order valence-electron chi connectivity index (χ4n) is 4.11. The summed E-state index contributed by atoms with van der Waals surface area (Å²) in [5, 5.41) is 2.94. The van der Waals surface area contributed by atoms with Crippen LogP contribution in [0.15, 0.2) is 36.4 Å². The van der Waals surface area contributed by atoms with Gasteiger partial charge in [-0.1, -0.05) is 12.1 Å². The Morgan fingerprint density at radius 2 is 1.97 bits per heavy atom. The number of hydrogen-bond donors (Lipinski definition) is 1. The van der Waals surface area contributed by atoms with Crippen LogP contribution in [0.3, 0.4) is 0 Å². The summed E-state index contributed by atoms with van der Waals surface area (Å²) in [4.78, 5) is 14.0. The highest BCUT2D eigenvalue weighted by molar-refractivity contribution is 5.99. The Hall–Kier alpha value is -2.45. The molecule has 0 aromatic heterocycles. The number of alkyl halides is 3. The van der Waals surface area contributed by atoms with Crippen LogP contribution in [0, 0.1) is 5.82 Å². The summed E-state index contributed by atoms with van der Waals surface area (Å²) in [6.07, 6.45) is -4.88. The average molecular weight is 422 g/mol. The van der Waals surface area contributed by atoms with E-state index in [4.69, 9.17) is 4.74 Å². The number of carbonyl (C=O) groups is 1. The molecule has 160 valence electrons. The van der Waals surface area contributed by atoms with Crippen molar-refractivity contribution in [3.05, 3.63) is 70.0 Å². The number of morpholine rings is 1. The molecule has 2 aliphatic heterocycles. The van der Waals surface area contributed by atoms with Crippen molar-refractivity contribution in [2.24, 2.45) is 0 Å². The zero-order valence-electron chi connectivity index (χ0n) is 16.6. The minimum atomic E-state index is -4.59. The van der Waals surface area contributed by atoms with Crippen LogP contribution in [0.4, 0.5) is 17.6 Å². The second kappa shape index (κ2) is 7.35. The van der Waals surface area contributed by atoms with Gasteiger partial charge in [0.1, 0.15) is 5.82 Å². The molecule has 0 saturated carbocycles. The van der Waals surface area contributed by atoms with Gasteiger partial charge in [-0.05, 0) is 54.8 Å². The lowest BCUT2D eigenvalue weighted by molar-refractivity contribution is -0.137. The largest absolute Gasteiger partial charge is 0.416 e. The van der Waals surface area contributed by atoms with Gasteiger partial charge in [-0.2, -0.15) is 13.2 Å². The van der Waals surface area contributed by atoms with Crippen LogP contribution in [-0.2, 0) is 23.0 Å². The molecule has 1 fully saturated rings. The Labute approximate surface area is 171 Å². The van der Waals surface area contributed by atoms with E-state index in [0.29, 0.717) is 31.3 Å². The molecule has 0 radical (unpaired) electrons. The van der Waals surface area contributed by atoms with Crippen LogP contribution in [0.25, 0.3) is 0 Å². The van der Waals surface area contributed by atoms with Gasteiger partial charge in [0.2, 0.25) is 0 Å². The van der Waals surface area contributed by atoms with Gasteiger partial charge in [0.15, 0.2) is 0 Å². The molecule has 30 heavy (non-hydrogen) atoms. The van der Waals surface area contributed by atoms with Crippen LogP contribution >= 0.6 is 0 Å². The summed E-state index contributed by atoms with van der Waals surface area (Å²) in [5.74, 6) is -1.01. The molecule has 1 amide bonds. The lowest BCUT2D eigenvalue weighted by Gasteiger charge is -2.33. The molecule has 1 N–H and O–H groups in total. The Balaban J connectivity index is 1.53. The van der Waals surface area contributed by atoms with Gasteiger partial charge in [-0.3, -0.25) is 9.69 Å². The van der Waals surface area contributed by atoms with Crippen molar-refractivity contribution in [2.75, 3.05) is 19.7 Å². The molecule has 1 saturated heterocycles. The highest BCUT2D eigenvalue weighted by Crippen LogP contribution is 2.34. The topological polar surface area (TPSA) is 41.6 Å². The van der Waals surface area contributed by atoms with Gasteiger partial charge in [-0.25, -0.2) is 4.39 Å². The van der Waals surface area contributed by atoms with Gasteiger partial charge in [-0.15, -0.1) is 0 Å². The minimum absolute atomic E-state index is 0.112. The Morgan fingerprint density at radius 1 is 1.20 bits per heavy atom. The van der Waals surface area contributed by atoms with E-state index in [1.807, 2.05) is 30.9 Å². The first-order chi connectivity index (χ1) is 14.0. The molecule has 2 heterocycles. The van der Waals surface area contributed by atoms with Gasteiger partial charge in [0.05, 0.1) is 23.8 Å². The number of amides is 1. The maximum absolute atomic E-state index is 13.7. The standard InChI is InChI=1S/C22H22F4N2O2/c1-21(2)18-9-14(3-4-17(18)20(29)27-21)19-12-28(5-6-30-19)11-13-7-15(22(24,25)26)10-16(23)8-13/h3-4,7-10,19H,5-6,11-12H2,1-2H3,(H,27,29)/t19-/m0/s1. The number of rotatable bonds is 3. The first kappa shape index (κ1) is 20.8. The second-order valence-electron chi connectivity index (χ2n) is 8.32. The number of nitrogens with one attached hydrogen (secondary N) is 1. The SMILES string of the molecule is CC1(C)NC(=O)c2ccc([C@@H]3CN(Cc4cc(F)cc(C(F)(F)F)c4)CCO3)cc21. The highest BCUT2D eigenvalue weighted by atomic mass is 19.4. The van der Waals surface area contributed by atoms with Crippen molar-refractivity contribution in [3.63, 3.8) is 0 Å². The Morgan fingerprint density at radius 3 is 2.70 bits per heavy atom. The van der Waals surface area contributed by atoms with Crippen molar-refractivity contribution < 1.29 is 27.1 Å². The molecule has 4 rings (SSSR count). The summed E-state index contributed by atoms with van der Waals surface area (Å²) in [6.45, 7) is 5.44. The summed E-state index contributed by atoms with van der Waals surface area (Å²) in [7, 11) is 0. The number of benzene rings is 2. The van der Waals surface area contributed by atoms with E-state index in [-0.39, 0.29) is 24.1 Å². The number of halogens is 4. The molecular formula is C22H22F4N2O2. The third kappa shape index (κ3) is 4.06.